The second-order valence-corrected chi connectivity index (χ2v) is 6.47. The quantitative estimate of drug-likeness (QED) is 0.785. The summed E-state index contributed by atoms with van der Waals surface area (Å²) in [5.41, 5.74) is 9.73. The molecule has 1 aliphatic rings. The molecule has 2 atom stereocenters. The van der Waals surface area contributed by atoms with Crippen molar-refractivity contribution >= 4 is 29.2 Å². The van der Waals surface area contributed by atoms with Crippen LogP contribution in [0.25, 0.3) is 10.9 Å². The van der Waals surface area contributed by atoms with Crippen LogP contribution in [-0.4, -0.2) is 23.5 Å². The maximum Gasteiger partial charge on any atom is 0.220 e. The molecule has 0 bridgehead atoms. The smallest absolute Gasteiger partial charge is 0.220 e. The highest BCUT2D eigenvalue weighted by Crippen LogP contribution is 2.26. The number of aryl methyl sites for hydroxylation is 1. The molecule has 1 amide bonds. The van der Waals surface area contributed by atoms with Crippen LogP contribution in [0.3, 0.4) is 0 Å². The zero-order valence-electron chi connectivity index (χ0n) is 13.6. The van der Waals surface area contributed by atoms with Gasteiger partial charge in [0.25, 0.3) is 0 Å². The minimum atomic E-state index is 0. The normalized spacial score (nSPS) is 20.4. The van der Waals surface area contributed by atoms with Crippen molar-refractivity contribution in [3.63, 3.8) is 0 Å². The van der Waals surface area contributed by atoms with Crippen LogP contribution in [0.5, 0.6) is 0 Å². The summed E-state index contributed by atoms with van der Waals surface area (Å²) in [7, 11) is 0. The predicted octanol–water partition coefficient (Wildman–Crippen LogP) is 3.07. The van der Waals surface area contributed by atoms with E-state index >= 15 is 0 Å². The molecule has 0 spiro atoms. The maximum atomic E-state index is 12.0. The first kappa shape index (κ1) is 17.8. The third-order valence-corrected chi connectivity index (χ3v) is 4.89. The van der Waals surface area contributed by atoms with Gasteiger partial charge in [0.15, 0.2) is 0 Å². The molecule has 0 aliphatic heterocycles. The van der Waals surface area contributed by atoms with Crippen molar-refractivity contribution in [1.82, 2.24) is 10.3 Å². The van der Waals surface area contributed by atoms with Gasteiger partial charge in [-0.3, -0.25) is 4.79 Å². The highest BCUT2D eigenvalue weighted by molar-refractivity contribution is 5.86. The number of aromatic nitrogens is 1. The SMILES string of the molecule is Cc1cccc2c(CCNC(=O)C[C@@H]3CCC[C@H]3N)c[nH]c12.Cl. The number of H-pyrrole nitrogens is 1. The molecule has 2 aromatic rings. The molecule has 3 rings (SSSR count). The standard InChI is InChI=1S/C18H25N3O.ClH/c1-12-4-2-6-15-14(11-21-18(12)15)8-9-20-17(22)10-13-5-3-7-16(13)19;/h2,4,6,11,13,16,21H,3,5,7-10,19H2,1H3,(H,20,22);1H/t13-,16+;/m0./s1. The Labute approximate surface area is 143 Å². The number of fused-ring (bicyclic) bond motifs is 1. The molecule has 23 heavy (non-hydrogen) atoms. The monoisotopic (exact) mass is 335 g/mol. The Morgan fingerprint density at radius 2 is 2.22 bits per heavy atom. The van der Waals surface area contributed by atoms with Gasteiger partial charge in [0, 0.05) is 36.1 Å². The van der Waals surface area contributed by atoms with Gasteiger partial charge in [-0.2, -0.15) is 0 Å². The second kappa shape index (κ2) is 7.84. The van der Waals surface area contributed by atoms with E-state index < -0.39 is 0 Å². The number of para-hydroxylation sites is 1. The summed E-state index contributed by atoms with van der Waals surface area (Å²) in [4.78, 5) is 15.3. The molecule has 0 unspecified atom stereocenters. The first-order valence-electron chi connectivity index (χ1n) is 8.23. The van der Waals surface area contributed by atoms with E-state index in [1.165, 1.54) is 22.0 Å². The third-order valence-electron chi connectivity index (χ3n) is 4.89. The molecule has 1 aromatic heterocycles. The Morgan fingerprint density at radius 3 is 2.96 bits per heavy atom. The van der Waals surface area contributed by atoms with Gasteiger partial charge in [-0.05, 0) is 43.2 Å². The van der Waals surface area contributed by atoms with Gasteiger partial charge in [0.1, 0.15) is 0 Å². The third kappa shape index (κ3) is 4.06. The van der Waals surface area contributed by atoms with Crippen LogP contribution in [0.15, 0.2) is 24.4 Å². The average molecular weight is 336 g/mol. The van der Waals surface area contributed by atoms with Gasteiger partial charge >= 0.3 is 0 Å². The zero-order valence-corrected chi connectivity index (χ0v) is 14.4. The second-order valence-electron chi connectivity index (χ2n) is 6.47. The number of hydrogen-bond donors (Lipinski definition) is 3. The predicted molar refractivity (Wildman–Crippen MR) is 96.9 cm³/mol. The molecular formula is C18H26ClN3O. The highest BCUT2D eigenvalue weighted by atomic mass is 35.5. The summed E-state index contributed by atoms with van der Waals surface area (Å²) in [6.07, 6.45) is 6.80. The summed E-state index contributed by atoms with van der Waals surface area (Å²) in [6.45, 7) is 2.79. The van der Waals surface area contributed by atoms with E-state index in [0.29, 0.717) is 18.9 Å². The van der Waals surface area contributed by atoms with Gasteiger partial charge in [0.05, 0.1) is 0 Å². The lowest BCUT2D eigenvalue weighted by molar-refractivity contribution is -0.122. The van der Waals surface area contributed by atoms with Crippen LogP contribution < -0.4 is 11.1 Å². The van der Waals surface area contributed by atoms with Crippen LogP contribution in [-0.2, 0) is 11.2 Å². The minimum absolute atomic E-state index is 0. The van der Waals surface area contributed by atoms with Gasteiger partial charge in [0.2, 0.25) is 5.91 Å². The van der Waals surface area contributed by atoms with Gasteiger partial charge < -0.3 is 16.0 Å². The van der Waals surface area contributed by atoms with Crippen molar-refractivity contribution < 1.29 is 4.79 Å². The van der Waals surface area contributed by atoms with E-state index in [0.717, 1.165) is 25.7 Å². The van der Waals surface area contributed by atoms with Gasteiger partial charge in [-0.1, -0.05) is 24.6 Å². The molecule has 1 aromatic carbocycles. The van der Waals surface area contributed by atoms with Crippen molar-refractivity contribution in [3.8, 4) is 0 Å². The molecule has 1 aliphatic carbocycles. The number of nitrogens with two attached hydrogens (primary N) is 1. The van der Waals surface area contributed by atoms with E-state index in [9.17, 15) is 4.79 Å². The summed E-state index contributed by atoms with van der Waals surface area (Å²) >= 11 is 0. The summed E-state index contributed by atoms with van der Waals surface area (Å²) in [6, 6.07) is 6.53. The molecule has 1 heterocycles. The number of carbonyl (C=O) groups is 1. The summed E-state index contributed by atoms with van der Waals surface area (Å²) < 4.78 is 0. The number of nitrogens with one attached hydrogen (secondary N) is 2. The number of amides is 1. The Balaban J connectivity index is 0.00000192. The molecule has 1 saturated carbocycles. The average Bonchev–Trinajstić information content (AvgIpc) is 3.08. The molecular weight excluding hydrogens is 310 g/mol. The van der Waals surface area contributed by atoms with Crippen molar-refractivity contribution in [2.75, 3.05) is 6.54 Å². The minimum Gasteiger partial charge on any atom is -0.361 e. The molecule has 1 fully saturated rings. The van der Waals surface area contributed by atoms with E-state index in [1.54, 1.807) is 0 Å². The Kier molecular flexibility index (Phi) is 6.08. The highest BCUT2D eigenvalue weighted by Gasteiger charge is 2.25. The lowest BCUT2D eigenvalue weighted by Gasteiger charge is -2.14. The van der Waals surface area contributed by atoms with Crippen molar-refractivity contribution in [3.05, 3.63) is 35.5 Å². The lowest BCUT2D eigenvalue weighted by Crippen LogP contribution is -2.32. The molecule has 0 saturated heterocycles. The first-order valence-corrected chi connectivity index (χ1v) is 8.23. The largest absolute Gasteiger partial charge is 0.361 e. The zero-order chi connectivity index (χ0) is 15.5. The fraction of sp³-hybridized carbons (Fsp3) is 0.500. The maximum absolute atomic E-state index is 12.0. The summed E-state index contributed by atoms with van der Waals surface area (Å²) in [5, 5.41) is 4.30. The number of benzene rings is 1. The molecule has 126 valence electrons. The van der Waals surface area contributed by atoms with E-state index in [4.69, 9.17) is 5.73 Å². The molecule has 0 radical (unpaired) electrons. The number of halogens is 1. The first-order chi connectivity index (χ1) is 10.6. The van der Waals surface area contributed by atoms with Gasteiger partial charge in [-0.25, -0.2) is 0 Å². The Bertz CT molecular complexity index is 667. The topological polar surface area (TPSA) is 70.9 Å². The number of carbonyl (C=O) groups excluding carboxylic acids is 1. The van der Waals surface area contributed by atoms with E-state index in [1.807, 2.05) is 0 Å². The van der Waals surface area contributed by atoms with Crippen molar-refractivity contribution in [1.29, 1.82) is 0 Å². The van der Waals surface area contributed by atoms with Crippen LogP contribution in [0.2, 0.25) is 0 Å². The number of rotatable bonds is 5. The van der Waals surface area contributed by atoms with Crippen LogP contribution in [0.4, 0.5) is 0 Å². The van der Waals surface area contributed by atoms with E-state index in [-0.39, 0.29) is 24.4 Å². The van der Waals surface area contributed by atoms with Gasteiger partial charge in [-0.15, -0.1) is 12.4 Å². The van der Waals surface area contributed by atoms with E-state index in [2.05, 4.69) is 41.6 Å². The Morgan fingerprint density at radius 1 is 1.39 bits per heavy atom. The van der Waals surface area contributed by atoms with Crippen LogP contribution in [0.1, 0.15) is 36.8 Å². The van der Waals surface area contributed by atoms with Crippen LogP contribution in [0, 0.1) is 12.8 Å². The fourth-order valence-electron chi connectivity index (χ4n) is 3.54. The molecule has 5 heteroatoms. The molecule has 4 N–H and O–H groups in total. The summed E-state index contributed by atoms with van der Waals surface area (Å²) in [5.74, 6) is 0.508. The van der Waals surface area contributed by atoms with Crippen molar-refractivity contribution in [2.24, 2.45) is 11.7 Å². The fourth-order valence-corrected chi connectivity index (χ4v) is 3.54. The van der Waals surface area contributed by atoms with Crippen molar-refractivity contribution in [2.45, 2.75) is 45.1 Å². The van der Waals surface area contributed by atoms with Crippen LogP contribution >= 0.6 is 12.4 Å². The lowest BCUT2D eigenvalue weighted by atomic mass is 10.00. The number of hydrogen-bond acceptors (Lipinski definition) is 2. The molecule has 4 nitrogen and oxygen atoms in total. The number of aromatic amines is 1. The Hall–Kier alpha value is -1.52.